The van der Waals surface area contributed by atoms with Crippen molar-refractivity contribution in [3.05, 3.63) is 46.0 Å². The van der Waals surface area contributed by atoms with E-state index in [-0.39, 0.29) is 17.5 Å². The van der Waals surface area contributed by atoms with E-state index < -0.39 is 4.92 Å². The lowest BCUT2D eigenvalue weighted by molar-refractivity contribution is -0.385. The molecule has 5 nitrogen and oxygen atoms in total. The molecular formula is C12H13NO4. The number of nitro benzene ring substituents is 1. The molecule has 2 rings (SSSR count). The van der Waals surface area contributed by atoms with E-state index in [2.05, 4.69) is 0 Å². The Bertz CT molecular complexity index is 456. The van der Waals surface area contributed by atoms with Crippen LogP contribution in [0.3, 0.4) is 0 Å². The number of nitrogens with zero attached hydrogens (tertiary/aromatic N) is 1. The summed E-state index contributed by atoms with van der Waals surface area (Å²) >= 11 is 0. The van der Waals surface area contributed by atoms with Crippen LogP contribution in [-0.4, -0.2) is 18.6 Å². The number of nitro groups is 1. The molecule has 0 saturated carbocycles. The highest BCUT2D eigenvalue weighted by Gasteiger charge is 2.20. The average Bonchev–Trinajstić information content (AvgIpc) is 2.39. The number of hydrogen-bond acceptors (Lipinski definition) is 4. The van der Waals surface area contributed by atoms with Gasteiger partial charge in [0, 0.05) is 6.07 Å². The van der Waals surface area contributed by atoms with E-state index in [0.717, 1.165) is 12.0 Å². The third kappa shape index (κ3) is 2.45. The van der Waals surface area contributed by atoms with Gasteiger partial charge in [-0.15, -0.1) is 0 Å². The van der Waals surface area contributed by atoms with Crippen molar-refractivity contribution in [2.45, 2.75) is 12.5 Å². The van der Waals surface area contributed by atoms with Crippen LogP contribution in [-0.2, 0) is 4.74 Å². The molecule has 1 aliphatic heterocycles. The molecule has 1 unspecified atom stereocenters. The second-order valence-corrected chi connectivity index (χ2v) is 3.72. The topological polar surface area (TPSA) is 61.6 Å². The Kier molecular flexibility index (Phi) is 3.39. The van der Waals surface area contributed by atoms with Crippen molar-refractivity contribution in [2.24, 2.45) is 0 Å². The van der Waals surface area contributed by atoms with Crippen LogP contribution in [0.15, 0.2) is 30.4 Å². The Labute approximate surface area is 98.8 Å². The minimum absolute atomic E-state index is 0.0249. The van der Waals surface area contributed by atoms with E-state index in [1.54, 1.807) is 12.1 Å². The minimum Gasteiger partial charge on any atom is -0.490 e. The maximum absolute atomic E-state index is 10.9. The first kappa shape index (κ1) is 11.6. The molecule has 5 heteroatoms. The maximum atomic E-state index is 10.9. The summed E-state index contributed by atoms with van der Waals surface area (Å²) in [6.07, 6.45) is 4.59. The predicted molar refractivity (Wildman–Crippen MR) is 62.1 cm³/mol. The highest BCUT2D eigenvalue weighted by Crippen LogP contribution is 2.33. The molecule has 1 aromatic carbocycles. The summed E-state index contributed by atoms with van der Waals surface area (Å²) in [7, 11) is 1.42. The predicted octanol–water partition coefficient (Wildman–Crippen LogP) is 2.62. The molecular weight excluding hydrogens is 222 g/mol. The van der Waals surface area contributed by atoms with Gasteiger partial charge < -0.3 is 9.47 Å². The Morgan fingerprint density at radius 2 is 2.29 bits per heavy atom. The highest BCUT2D eigenvalue weighted by atomic mass is 16.6. The van der Waals surface area contributed by atoms with Gasteiger partial charge in [-0.2, -0.15) is 0 Å². The summed E-state index contributed by atoms with van der Waals surface area (Å²) in [5.41, 5.74) is 0.782. The van der Waals surface area contributed by atoms with Crippen LogP contribution in [0.25, 0.3) is 0 Å². The molecule has 1 aromatic rings. The van der Waals surface area contributed by atoms with Crippen LogP contribution >= 0.6 is 0 Å². The lowest BCUT2D eigenvalue weighted by Crippen LogP contribution is -2.08. The van der Waals surface area contributed by atoms with E-state index in [1.165, 1.54) is 13.2 Å². The van der Waals surface area contributed by atoms with Gasteiger partial charge in [0.25, 0.3) is 0 Å². The van der Waals surface area contributed by atoms with Crippen molar-refractivity contribution >= 4 is 5.69 Å². The van der Waals surface area contributed by atoms with Crippen molar-refractivity contribution in [3.63, 3.8) is 0 Å². The number of rotatable bonds is 3. The fourth-order valence-corrected chi connectivity index (χ4v) is 1.81. The van der Waals surface area contributed by atoms with Gasteiger partial charge >= 0.3 is 5.69 Å². The zero-order chi connectivity index (χ0) is 12.3. The third-order valence-corrected chi connectivity index (χ3v) is 2.68. The normalized spacial score (nSPS) is 19.0. The number of ether oxygens (including phenoxy) is 2. The zero-order valence-corrected chi connectivity index (χ0v) is 9.46. The average molecular weight is 235 g/mol. The monoisotopic (exact) mass is 235 g/mol. The Morgan fingerprint density at radius 3 is 2.88 bits per heavy atom. The Morgan fingerprint density at radius 1 is 1.47 bits per heavy atom. The second kappa shape index (κ2) is 4.97. The van der Waals surface area contributed by atoms with E-state index in [4.69, 9.17) is 9.47 Å². The number of hydrogen-bond donors (Lipinski definition) is 0. The summed E-state index contributed by atoms with van der Waals surface area (Å²) in [6.45, 7) is 0.546. The van der Waals surface area contributed by atoms with Crippen LogP contribution in [0, 0.1) is 10.1 Å². The molecule has 0 N–H and O–H groups in total. The number of methoxy groups -OCH3 is 1. The summed E-state index contributed by atoms with van der Waals surface area (Å²) < 4.78 is 10.5. The number of benzene rings is 1. The summed E-state index contributed by atoms with van der Waals surface area (Å²) in [5, 5.41) is 10.9. The van der Waals surface area contributed by atoms with Gasteiger partial charge in [-0.05, 0) is 18.1 Å². The molecule has 17 heavy (non-hydrogen) atoms. The van der Waals surface area contributed by atoms with Gasteiger partial charge in [-0.3, -0.25) is 10.1 Å². The lowest BCUT2D eigenvalue weighted by Gasteiger charge is -2.19. The molecule has 0 fully saturated rings. The van der Waals surface area contributed by atoms with Crippen LogP contribution in [0.2, 0.25) is 0 Å². The first-order chi connectivity index (χ1) is 8.22. The standard InChI is InChI=1S/C12H13NO4/c1-16-12-6-5-9(8-10(12)13(14)15)11-4-2-3-7-17-11/h2-3,5-6,8,11H,4,7H2,1H3. The minimum atomic E-state index is -0.443. The molecule has 0 aromatic heterocycles. The maximum Gasteiger partial charge on any atom is 0.311 e. The molecule has 0 aliphatic carbocycles. The SMILES string of the molecule is COc1ccc(C2CC=CCO2)cc1[N+](=O)[O-]. The lowest BCUT2D eigenvalue weighted by atomic mass is 10.0. The molecule has 1 atom stereocenters. The zero-order valence-electron chi connectivity index (χ0n) is 9.46. The molecule has 0 spiro atoms. The van der Waals surface area contributed by atoms with Crippen LogP contribution in [0.4, 0.5) is 5.69 Å². The van der Waals surface area contributed by atoms with Gasteiger partial charge in [-0.1, -0.05) is 18.2 Å². The van der Waals surface area contributed by atoms with Crippen LogP contribution in [0.1, 0.15) is 18.1 Å². The van der Waals surface area contributed by atoms with Crippen molar-refractivity contribution in [2.75, 3.05) is 13.7 Å². The van der Waals surface area contributed by atoms with E-state index in [9.17, 15) is 10.1 Å². The smallest absolute Gasteiger partial charge is 0.311 e. The van der Waals surface area contributed by atoms with Gasteiger partial charge in [0.15, 0.2) is 5.75 Å². The summed E-state index contributed by atoms with van der Waals surface area (Å²) in [6, 6.07) is 4.92. The Hall–Kier alpha value is -1.88. The largest absolute Gasteiger partial charge is 0.490 e. The van der Waals surface area contributed by atoms with Crippen molar-refractivity contribution < 1.29 is 14.4 Å². The highest BCUT2D eigenvalue weighted by molar-refractivity contribution is 5.49. The first-order valence-corrected chi connectivity index (χ1v) is 5.31. The fraction of sp³-hybridized carbons (Fsp3) is 0.333. The molecule has 0 amide bonds. The van der Waals surface area contributed by atoms with Crippen molar-refractivity contribution in [3.8, 4) is 5.75 Å². The van der Waals surface area contributed by atoms with Crippen molar-refractivity contribution in [1.29, 1.82) is 0 Å². The summed E-state index contributed by atoms with van der Waals surface area (Å²) in [5.74, 6) is 0.269. The van der Waals surface area contributed by atoms with Gasteiger partial charge in [-0.25, -0.2) is 0 Å². The fourth-order valence-electron chi connectivity index (χ4n) is 1.81. The molecule has 0 saturated heterocycles. The molecule has 0 radical (unpaired) electrons. The van der Waals surface area contributed by atoms with Gasteiger partial charge in [0.2, 0.25) is 0 Å². The molecule has 1 heterocycles. The second-order valence-electron chi connectivity index (χ2n) is 3.72. The van der Waals surface area contributed by atoms with E-state index in [0.29, 0.717) is 6.61 Å². The van der Waals surface area contributed by atoms with Crippen LogP contribution < -0.4 is 4.74 Å². The quantitative estimate of drug-likeness (QED) is 0.459. The van der Waals surface area contributed by atoms with Gasteiger partial charge in [0.05, 0.1) is 24.7 Å². The van der Waals surface area contributed by atoms with E-state index >= 15 is 0 Å². The van der Waals surface area contributed by atoms with Crippen molar-refractivity contribution in [1.82, 2.24) is 0 Å². The third-order valence-electron chi connectivity index (χ3n) is 2.68. The van der Waals surface area contributed by atoms with Gasteiger partial charge in [0.1, 0.15) is 0 Å². The summed E-state index contributed by atoms with van der Waals surface area (Å²) in [4.78, 5) is 10.4. The first-order valence-electron chi connectivity index (χ1n) is 5.31. The van der Waals surface area contributed by atoms with Crippen LogP contribution in [0.5, 0.6) is 5.75 Å². The van der Waals surface area contributed by atoms with E-state index in [1.807, 2.05) is 12.2 Å². The molecule has 90 valence electrons. The Balaban J connectivity index is 2.33. The molecule has 0 bridgehead atoms. The molecule has 1 aliphatic rings.